The van der Waals surface area contributed by atoms with E-state index < -0.39 is 5.97 Å². The molecule has 1 aliphatic rings. The predicted octanol–water partition coefficient (Wildman–Crippen LogP) is 2.60. The molecule has 0 amide bonds. The Hall–Kier alpha value is -0.960. The molecule has 0 bridgehead atoms. The fourth-order valence-corrected chi connectivity index (χ4v) is 2.18. The molecule has 2 atom stereocenters. The van der Waals surface area contributed by atoms with Crippen LogP contribution in [-0.2, 0) is 4.79 Å². The molecule has 1 N–H and O–H groups in total. The fourth-order valence-electron chi connectivity index (χ4n) is 1.71. The molecule has 2 nitrogen and oxygen atoms in total. The second-order valence-electron chi connectivity index (χ2n) is 3.56. The van der Waals surface area contributed by atoms with Gasteiger partial charge in [0, 0.05) is 4.90 Å². The van der Waals surface area contributed by atoms with Gasteiger partial charge in [-0.15, -0.1) is 11.8 Å². The third-order valence-corrected chi connectivity index (χ3v) is 3.35. The molecule has 3 heteroatoms. The molecule has 74 valence electrons. The van der Waals surface area contributed by atoms with Crippen LogP contribution in [0.5, 0.6) is 0 Å². The fraction of sp³-hybridized carbons (Fsp3) is 0.364. The van der Waals surface area contributed by atoms with Gasteiger partial charge < -0.3 is 5.11 Å². The summed E-state index contributed by atoms with van der Waals surface area (Å²) in [5.74, 6) is -0.559. The molecule has 2 unspecified atom stereocenters. The Balaban J connectivity index is 2.15. The van der Waals surface area contributed by atoms with Crippen molar-refractivity contribution in [3.8, 4) is 0 Å². The highest BCUT2D eigenvalue weighted by molar-refractivity contribution is 7.98. The Morgan fingerprint density at radius 3 is 2.93 bits per heavy atom. The first kappa shape index (κ1) is 9.59. The number of thioether (sulfide) groups is 1. The lowest BCUT2D eigenvalue weighted by molar-refractivity contribution is -0.138. The van der Waals surface area contributed by atoms with E-state index in [9.17, 15) is 4.79 Å². The lowest BCUT2D eigenvalue weighted by Crippen LogP contribution is -1.98. The average Bonchev–Trinajstić information content (AvgIpc) is 2.97. The van der Waals surface area contributed by atoms with Crippen LogP contribution in [-0.4, -0.2) is 17.3 Å². The van der Waals surface area contributed by atoms with Crippen molar-refractivity contribution >= 4 is 17.7 Å². The van der Waals surface area contributed by atoms with Gasteiger partial charge in [-0.2, -0.15) is 0 Å². The van der Waals surface area contributed by atoms with Crippen LogP contribution in [0.25, 0.3) is 0 Å². The van der Waals surface area contributed by atoms with Gasteiger partial charge in [0.15, 0.2) is 0 Å². The van der Waals surface area contributed by atoms with Gasteiger partial charge in [0.1, 0.15) is 0 Å². The Labute approximate surface area is 87.3 Å². The third kappa shape index (κ3) is 1.77. The van der Waals surface area contributed by atoms with Crippen LogP contribution in [0.4, 0.5) is 0 Å². The highest BCUT2D eigenvalue weighted by Crippen LogP contribution is 2.47. The number of hydrogen-bond acceptors (Lipinski definition) is 2. The Morgan fingerprint density at radius 2 is 2.36 bits per heavy atom. The van der Waals surface area contributed by atoms with E-state index in [1.807, 2.05) is 24.5 Å². The summed E-state index contributed by atoms with van der Waals surface area (Å²) >= 11 is 1.69. The minimum Gasteiger partial charge on any atom is -0.481 e. The van der Waals surface area contributed by atoms with Crippen LogP contribution in [0.2, 0.25) is 0 Å². The van der Waals surface area contributed by atoms with Crippen molar-refractivity contribution < 1.29 is 9.90 Å². The van der Waals surface area contributed by atoms with Crippen LogP contribution in [0.3, 0.4) is 0 Å². The molecule has 14 heavy (non-hydrogen) atoms. The van der Waals surface area contributed by atoms with Gasteiger partial charge in [0.05, 0.1) is 5.92 Å². The Kier molecular flexibility index (Phi) is 2.50. The number of benzene rings is 1. The van der Waals surface area contributed by atoms with Gasteiger partial charge in [-0.25, -0.2) is 0 Å². The molecule has 0 heterocycles. The molecule has 1 aromatic rings. The van der Waals surface area contributed by atoms with Crippen molar-refractivity contribution in [2.45, 2.75) is 17.2 Å². The maximum Gasteiger partial charge on any atom is 0.307 e. The van der Waals surface area contributed by atoms with E-state index in [4.69, 9.17) is 5.11 Å². The minimum absolute atomic E-state index is 0.146. The molecule has 0 radical (unpaired) electrons. The van der Waals surface area contributed by atoms with Crippen LogP contribution in [0.15, 0.2) is 29.2 Å². The predicted molar refractivity (Wildman–Crippen MR) is 56.7 cm³/mol. The molecule has 2 rings (SSSR count). The topological polar surface area (TPSA) is 37.3 Å². The second-order valence-corrected chi connectivity index (χ2v) is 4.44. The Morgan fingerprint density at radius 1 is 1.57 bits per heavy atom. The number of carboxylic acid groups (broad SMARTS) is 1. The summed E-state index contributed by atoms with van der Waals surface area (Å²) in [6, 6.07) is 8.16. The molecular weight excluding hydrogens is 196 g/mol. The van der Waals surface area contributed by atoms with Gasteiger partial charge in [-0.1, -0.05) is 12.1 Å². The summed E-state index contributed by atoms with van der Waals surface area (Å²) in [4.78, 5) is 11.9. The van der Waals surface area contributed by atoms with Gasteiger partial charge in [0.25, 0.3) is 0 Å². The van der Waals surface area contributed by atoms with E-state index >= 15 is 0 Å². The van der Waals surface area contributed by atoms with Crippen molar-refractivity contribution in [2.75, 3.05) is 6.26 Å². The minimum atomic E-state index is -0.662. The van der Waals surface area contributed by atoms with E-state index in [1.165, 1.54) is 10.5 Å². The number of aliphatic carboxylic acids is 1. The standard InChI is InChI=1S/C11H12O2S/c1-14-8-4-2-3-7(5-8)9-6-10(9)11(12)13/h2-5,9-10H,6H2,1H3,(H,12,13). The molecule has 1 fully saturated rings. The first-order chi connectivity index (χ1) is 6.72. The van der Waals surface area contributed by atoms with E-state index in [-0.39, 0.29) is 11.8 Å². The van der Waals surface area contributed by atoms with Gasteiger partial charge in [0.2, 0.25) is 0 Å². The van der Waals surface area contributed by atoms with Crippen LogP contribution >= 0.6 is 11.8 Å². The van der Waals surface area contributed by atoms with E-state index in [0.29, 0.717) is 0 Å². The highest BCUT2D eigenvalue weighted by atomic mass is 32.2. The maximum absolute atomic E-state index is 10.7. The van der Waals surface area contributed by atoms with Gasteiger partial charge >= 0.3 is 5.97 Å². The molecule has 0 aromatic heterocycles. The summed E-state index contributed by atoms with van der Waals surface area (Å²) in [5, 5.41) is 8.81. The van der Waals surface area contributed by atoms with Crippen LogP contribution < -0.4 is 0 Å². The maximum atomic E-state index is 10.7. The van der Waals surface area contributed by atoms with E-state index in [1.54, 1.807) is 11.8 Å². The molecule has 0 saturated heterocycles. The van der Waals surface area contributed by atoms with Crippen molar-refractivity contribution in [3.05, 3.63) is 29.8 Å². The second kappa shape index (κ2) is 3.65. The first-order valence-electron chi connectivity index (χ1n) is 4.59. The molecule has 1 aromatic carbocycles. The van der Waals surface area contributed by atoms with Crippen molar-refractivity contribution in [3.63, 3.8) is 0 Å². The Bertz CT molecular complexity index is 362. The summed E-state index contributed by atoms with van der Waals surface area (Å²) < 4.78 is 0. The number of rotatable bonds is 3. The monoisotopic (exact) mass is 208 g/mol. The number of carbonyl (C=O) groups is 1. The van der Waals surface area contributed by atoms with Gasteiger partial charge in [-0.05, 0) is 36.3 Å². The molecular formula is C11H12O2S. The van der Waals surface area contributed by atoms with Gasteiger partial charge in [-0.3, -0.25) is 4.79 Å². The van der Waals surface area contributed by atoms with Crippen molar-refractivity contribution in [2.24, 2.45) is 5.92 Å². The summed E-state index contributed by atoms with van der Waals surface area (Å²) in [6.45, 7) is 0. The largest absolute Gasteiger partial charge is 0.481 e. The van der Waals surface area contributed by atoms with E-state index in [2.05, 4.69) is 6.07 Å². The average molecular weight is 208 g/mol. The molecule has 0 aliphatic heterocycles. The van der Waals surface area contributed by atoms with Crippen molar-refractivity contribution in [1.82, 2.24) is 0 Å². The van der Waals surface area contributed by atoms with E-state index in [0.717, 1.165) is 6.42 Å². The van der Waals surface area contributed by atoms with Crippen molar-refractivity contribution in [1.29, 1.82) is 0 Å². The normalized spacial score (nSPS) is 24.6. The number of carboxylic acids is 1. The van der Waals surface area contributed by atoms with Crippen LogP contribution in [0, 0.1) is 5.92 Å². The molecule has 1 saturated carbocycles. The third-order valence-electron chi connectivity index (χ3n) is 2.63. The SMILES string of the molecule is CSc1cccc(C2CC2C(=O)O)c1. The zero-order valence-corrected chi connectivity index (χ0v) is 8.75. The lowest BCUT2D eigenvalue weighted by Gasteiger charge is -2.01. The summed E-state index contributed by atoms with van der Waals surface area (Å²) in [5.41, 5.74) is 1.17. The number of hydrogen-bond donors (Lipinski definition) is 1. The molecule has 1 aliphatic carbocycles. The van der Waals surface area contributed by atoms with Crippen LogP contribution in [0.1, 0.15) is 17.9 Å². The first-order valence-corrected chi connectivity index (χ1v) is 5.81. The zero-order chi connectivity index (χ0) is 10.1. The summed E-state index contributed by atoms with van der Waals surface area (Å²) in [6.07, 6.45) is 2.83. The quantitative estimate of drug-likeness (QED) is 0.776. The smallest absolute Gasteiger partial charge is 0.307 e. The zero-order valence-electron chi connectivity index (χ0n) is 7.93. The highest BCUT2D eigenvalue weighted by Gasteiger charge is 2.44. The summed E-state index contributed by atoms with van der Waals surface area (Å²) in [7, 11) is 0. The lowest BCUT2D eigenvalue weighted by atomic mass is 10.1. The molecule has 0 spiro atoms.